The maximum Gasteiger partial charge on any atom is 0.270 e. The molecular formula is C14H11N3O2. The van der Waals surface area contributed by atoms with Crippen molar-refractivity contribution in [1.29, 1.82) is 0 Å². The topological polar surface area (TPSA) is 82.0 Å². The number of primary amides is 1. The molecule has 0 saturated heterocycles. The van der Waals surface area contributed by atoms with Crippen LogP contribution in [-0.4, -0.2) is 15.9 Å². The number of fused-ring (bicyclic) bond motifs is 1. The Kier molecular flexibility index (Phi) is 2.72. The Morgan fingerprint density at radius 2 is 2.00 bits per heavy atom. The first-order valence-electron chi connectivity index (χ1n) is 5.81. The maximum atomic E-state index is 10.9. The monoisotopic (exact) mass is 253 g/mol. The number of para-hydroxylation sites is 1. The minimum Gasteiger partial charge on any atom is -0.448 e. The summed E-state index contributed by atoms with van der Waals surface area (Å²) in [7, 11) is 0. The van der Waals surface area contributed by atoms with Crippen LogP contribution in [0.2, 0.25) is 0 Å². The lowest BCUT2D eigenvalue weighted by molar-refractivity contribution is 0.0995. The second-order valence-electron chi connectivity index (χ2n) is 4.16. The molecule has 0 saturated carbocycles. The fourth-order valence-corrected chi connectivity index (χ4v) is 1.87. The van der Waals surface area contributed by atoms with E-state index in [4.69, 9.17) is 10.2 Å². The molecule has 1 aromatic carbocycles. The number of hydrogen-bond donors (Lipinski definition) is 1. The van der Waals surface area contributed by atoms with E-state index in [9.17, 15) is 4.79 Å². The Balaban J connectivity index is 1.89. The van der Waals surface area contributed by atoms with Crippen molar-refractivity contribution in [1.82, 2.24) is 9.97 Å². The van der Waals surface area contributed by atoms with Crippen molar-refractivity contribution in [2.75, 3.05) is 0 Å². The van der Waals surface area contributed by atoms with Crippen LogP contribution in [0.25, 0.3) is 10.9 Å². The molecule has 5 nitrogen and oxygen atoms in total. The van der Waals surface area contributed by atoms with Gasteiger partial charge in [-0.25, -0.2) is 4.98 Å². The van der Waals surface area contributed by atoms with Crippen LogP contribution >= 0.6 is 0 Å². The van der Waals surface area contributed by atoms with Crippen LogP contribution < -0.4 is 5.73 Å². The third-order valence-corrected chi connectivity index (χ3v) is 2.79. The lowest BCUT2D eigenvalue weighted by Crippen LogP contribution is -2.11. The van der Waals surface area contributed by atoms with E-state index >= 15 is 0 Å². The molecule has 94 valence electrons. The van der Waals surface area contributed by atoms with Crippen molar-refractivity contribution in [3.05, 3.63) is 59.9 Å². The standard InChI is InChI=1S/C14H11N3O2/c15-14(18)12-8-19-13(17-12)7-10-6-5-9-3-1-2-4-11(9)16-10/h1-6,8H,7H2,(H2,15,18). The smallest absolute Gasteiger partial charge is 0.270 e. The van der Waals surface area contributed by atoms with Crippen LogP contribution in [0.4, 0.5) is 0 Å². The minimum atomic E-state index is -0.596. The van der Waals surface area contributed by atoms with Gasteiger partial charge in [-0.3, -0.25) is 9.78 Å². The molecule has 0 radical (unpaired) electrons. The Morgan fingerprint density at radius 1 is 1.16 bits per heavy atom. The number of oxazole rings is 1. The van der Waals surface area contributed by atoms with E-state index in [0.717, 1.165) is 16.6 Å². The van der Waals surface area contributed by atoms with E-state index < -0.39 is 5.91 Å². The summed E-state index contributed by atoms with van der Waals surface area (Å²) in [4.78, 5) is 19.4. The van der Waals surface area contributed by atoms with Crippen molar-refractivity contribution in [3.8, 4) is 0 Å². The molecule has 5 heteroatoms. The van der Waals surface area contributed by atoms with Gasteiger partial charge in [0.1, 0.15) is 6.26 Å². The first-order valence-corrected chi connectivity index (χ1v) is 5.81. The number of hydrogen-bond acceptors (Lipinski definition) is 4. The molecule has 0 aliphatic heterocycles. The second kappa shape index (κ2) is 4.53. The zero-order valence-corrected chi connectivity index (χ0v) is 10.0. The molecule has 2 aromatic heterocycles. The van der Waals surface area contributed by atoms with Gasteiger partial charge < -0.3 is 10.2 Å². The molecule has 3 aromatic rings. The van der Waals surface area contributed by atoms with Gasteiger partial charge in [0.2, 0.25) is 5.89 Å². The number of amides is 1. The first-order chi connectivity index (χ1) is 9.22. The molecule has 1 amide bonds. The molecular weight excluding hydrogens is 242 g/mol. The molecule has 0 unspecified atom stereocenters. The summed E-state index contributed by atoms with van der Waals surface area (Å²) in [6, 6.07) is 11.8. The van der Waals surface area contributed by atoms with Gasteiger partial charge in [-0.1, -0.05) is 24.3 Å². The molecule has 0 bridgehead atoms. The number of carbonyl (C=O) groups excluding carboxylic acids is 1. The van der Waals surface area contributed by atoms with Gasteiger partial charge in [-0.2, -0.15) is 0 Å². The summed E-state index contributed by atoms with van der Waals surface area (Å²) in [5.74, 6) is -0.168. The number of pyridine rings is 1. The van der Waals surface area contributed by atoms with E-state index in [2.05, 4.69) is 9.97 Å². The van der Waals surface area contributed by atoms with Crippen LogP contribution in [0, 0.1) is 0 Å². The van der Waals surface area contributed by atoms with E-state index in [1.165, 1.54) is 6.26 Å². The minimum absolute atomic E-state index is 0.135. The molecule has 0 spiro atoms. The summed E-state index contributed by atoms with van der Waals surface area (Å²) in [5, 5.41) is 1.08. The third-order valence-electron chi connectivity index (χ3n) is 2.79. The first kappa shape index (κ1) is 11.4. The highest BCUT2D eigenvalue weighted by atomic mass is 16.3. The van der Waals surface area contributed by atoms with E-state index in [1.54, 1.807) is 0 Å². The number of benzene rings is 1. The normalized spacial score (nSPS) is 10.7. The summed E-state index contributed by atoms with van der Waals surface area (Å²) in [6.07, 6.45) is 1.69. The van der Waals surface area contributed by atoms with Crippen molar-refractivity contribution in [3.63, 3.8) is 0 Å². The van der Waals surface area contributed by atoms with Gasteiger partial charge in [0.25, 0.3) is 5.91 Å². The lowest BCUT2D eigenvalue weighted by atomic mass is 10.2. The SMILES string of the molecule is NC(=O)c1coc(Cc2ccc3ccccc3n2)n1. The predicted molar refractivity (Wildman–Crippen MR) is 69.6 cm³/mol. The quantitative estimate of drug-likeness (QED) is 0.773. The molecule has 0 aliphatic carbocycles. The summed E-state index contributed by atoms with van der Waals surface area (Å²) < 4.78 is 5.19. The van der Waals surface area contributed by atoms with Crippen molar-refractivity contribution >= 4 is 16.8 Å². The van der Waals surface area contributed by atoms with Gasteiger partial charge in [-0.15, -0.1) is 0 Å². The van der Waals surface area contributed by atoms with E-state index in [0.29, 0.717) is 12.3 Å². The van der Waals surface area contributed by atoms with Crippen molar-refractivity contribution in [2.24, 2.45) is 5.73 Å². The summed E-state index contributed by atoms with van der Waals surface area (Å²) >= 11 is 0. The summed E-state index contributed by atoms with van der Waals surface area (Å²) in [6.45, 7) is 0. The zero-order valence-electron chi connectivity index (χ0n) is 10.0. The highest BCUT2D eigenvalue weighted by Gasteiger charge is 2.09. The van der Waals surface area contributed by atoms with Crippen LogP contribution in [0.3, 0.4) is 0 Å². The molecule has 0 atom stereocenters. The van der Waals surface area contributed by atoms with Gasteiger partial charge in [-0.05, 0) is 12.1 Å². The molecule has 19 heavy (non-hydrogen) atoms. The molecule has 0 aliphatic rings. The van der Waals surface area contributed by atoms with Gasteiger partial charge >= 0.3 is 0 Å². The Hall–Kier alpha value is -2.69. The van der Waals surface area contributed by atoms with E-state index in [1.807, 2.05) is 36.4 Å². The lowest BCUT2D eigenvalue weighted by Gasteiger charge is -2.00. The third kappa shape index (κ3) is 2.30. The predicted octanol–water partition coefficient (Wildman–Crippen LogP) is 1.91. The average molecular weight is 253 g/mol. The summed E-state index contributed by atoms with van der Waals surface area (Å²) in [5.41, 5.74) is 7.00. The highest BCUT2D eigenvalue weighted by molar-refractivity contribution is 5.90. The Labute approximate surface area is 109 Å². The fourth-order valence-electron chi connectivity index (χ4n) is 1.87. The number of rotatable bonds is 3. The van der Waals surface area contributed by atoms with E-state index in [-0.39, 0.29) is 5.69 Å². The molecule has 2 N–H and O–H groups in total. The van der Waals surface area contributed by atoms with Crippen molar-refractivity contribution in [2.45, 2.75) is 6.42 Å². The zero-order chi connectivity index (χ0) is 13.2. The Bertz CT molecular complexity index is 749. The number of nitrogens with zero attached hydrogens (tertiary/aromatic N) is 2. The second-order valence-corrected chi connectivity index (χ2v) is 4.16. The van der Waals surface area contributed by atoms with Gasteiger partial charge in [0, 0.05) is 5.39 Å². The fraction of sp³-hybridized carbons (Fsp3) is 0.0714. The largest absolute Gasteiger partial charge is 0.448 e. The number of aromatic nitrogens is 2. The van der Waals surface area contributed by atoms with Crippen LogP contribution in [-0.2, 0) is 6.42 Å². The molecule has 3 rings (SSSR count). The van der Waals surface area contributed by atoms with Crippen LogP contribution in [0.15, 0.2) is 47.1 Å². The van der Waals surface area contributed by atoms with Gasteiger partial charge in [0.15, 0.2) is 5.69 Å². The van der Waals surface area contributed by atoms with Crippen LogP contribution in [0.5, 0.6) is 0 Å². The number of nitrogens with two attached hydrogens (primary N) is 1. The van der Waals surface area contributed by atoms with Gasteiger partial charge in [0.05, 0.1) is 17.6 Å². The Morgan fingerprint density at radius 3 is 2.79 bits per heavy atom. The number of carbonyl (C=O) groups is 1. The highest BCUT2D eigenvalue weighted by Crippen LogP contribution is 2.14. The van der Waals surface area contributed by atoms with Crippen molar-refractivity contribution < 1.29 is 9.21 Å². The molecule has 0 fully saturated rings. The molecule has 2 heterocycles. The van der Waals surface area contributed by atoms with Crippen LogP contribution in [0.1, 0.15) is 22.1 Å². The average Bonchev–Trinajstić information content (AvgIpc) is 2.87. The maximum absolute atomic E-state index is 10.9.